The van der Waals surface area contributed by atoms with Crippen LogP contribution >= 0.6 is 0 Å². The van der Waals surface area contributed by atoms with E-state index in [1.54, 1.807) is 30.3 Å². The van der Waals surface area contributed by atoms with Crippen LogP contribution in [0.15, 0.2) is 71.0 Å². The summed E-state index contributed by atoms with van der Waals surface area (Å²) in [7, 11) is 0. The summed E-state index contributed by atoms with van der Waals surface area (Å²) in [5.41, 5.74) is 3.85. The average Bonchev–Trinajstić information content (AvgIpc) is 3.26. The van der Waals surface area contributed by atoms with Crippen LogP contribution in [0.3, 0.4) is 0 Å². The van der Waals surface area contributed by atoms with Crippen LogP contribution in [0.1, 0.15) is 32.8 Å². The van der Waals surface area contributed by atoms with Crippen LogP contribution in [0.25, 0.3) is 6.08 Å². The Kier molecular flexibility index (Phi) is 7.27. The first-order valence-corrected chi connectivity index (χ1v) is 10.0. The minimum absolute atomic E-state index is 0.0904. The number of amides is 2. The Hall–Kier alpha value is -3.80. The average molecular weight is 418 g/mol. The molecule has 0 unspecified atom stereocenters. The summed E-state index contributed by atoms with van der Waals surface area (Å²) < 4.78 is 11.0. The van der Waals surface area contributed by atoms with Crippen LogP contribution in [0.4, 0.5) is 0 Å². The van der Waals surface area contributed by atoms with Gasteiger partial charge in [-0.25, -0.2) is 0 Å². The minimum Gasteiger partial charge on any atom is -0.492 e. The van der Waals surface area contributed by atoms with E-state index in [1.165, 1.54) is 17.9 Å². The third-order valence-corrected chi connectivity index (χ3v) is 4.74. The standard InChI is InChI=1S/C25H26N2O4/c1-17-6-4-7-20(14-17)24(28)27-23(16-21-8-5-12-30-21)25(29)26-11-13-31-22-10-9-18(2)19(3)15-22/h4-10,12,14-16H,11,13H2,1-3H3,(H,26,29)(H,27,28)/b23-16-. The molecule has 160 valence electrons. The Morgan fingerprint density at radius 2 is 1.84 bits per heavy atom. The van der Waals surface area contributed by atoms with E-state index in [0.717, 1.165) is 16.9 Å². The van der Waals surface area contributed by atoms with Crippen molar-refractivity contribution in [1.82, 2.24) is 10.6 Å². The van der Waals surface area contributed by atoms with Crippen molar-refractivity contribution in [3.05, 3.63) is 94.6 Å². The maximum absolute atomic E-state index is 12.7. The number of hydrogen-bond acceptors (Lipinski definition) is 4. The molecule has 1 heterocycles. The Labute approximate surface area is 181 Å². The van der Waals surface area contributed by atoms with Gasteiger partial charge in [-0.05, 0) is 68.3 Å². The second-order valence-corrected chi connectivity index (χ2v) is 7.25. The molecule has 0 radical (unpaired) electrons. The highest BCUT2D eigenvalue weighted by atomic mass is 16.5. The lowest BCUT2D eigenvalue weighted by atomic mass is 10.1. The molecule has 31 heavy (non-hydrogen) atoms. The second kappa shape index (κ2) is 10.3. The number of hydrogen-bond donors (Lipinski definition) is 2. The van der Waals surface area contributed by atoms with Gasteiger partial charge >= 0.3 is 0 Å². The van der Waals surface area contributed by atoms with Crippen molar-refractivity contribution in [3.63, 3.8) is 0 Å². The second-order valence-electron chi connectivity index (χ2n) is 7.25. The van der Waals surface area contributed by atoms with Crippen LogP contribution < -0.4 is 15.4 Å². The van der Waals surface area contributed by atoms with Crippen LogP contribution in [0.2, 0.25) is 0 Å². The van der Waals surface area contributed by atoms with Gasteiger partial charge in [-0.15, -0.1) is 0 Å². The van der Waals surface area contributed by atoms with Gasteiger partial charge in [-0.3, -0.25) is 9.59 Å². The molecular formula is C25H26N2O4. The third-order valence-electron chi connectivity index (χ3n) is 4.74. The van der Waals surface area contributed by atoms with Gasteiger partial charge in [0, 0.05) is 11.6 Å². The van der Waals surface area contributed by atoms with Gasteiger partial charge in [0.1, 0.15) is 23.8 Å². The summed E-state index contributed by atoms with van der Waals surface area (Å²) in [4.78, 5) is 25.3. The van der Waals surface area contributed by atoms with Crippen LogP contribution in [-0.4, -0.2) is 25.0 Å². The molecule has 0 saturated carbocycles. The Morgan fingerprint density at radius 3 is 2.55 bits per heavy atom. The molecular weight excluding hydrogens is 392 g/mol. The predicted molar refractivity (Wildman–Crippen MR) is 120 cm³/mol. The molecule has 0 bridgehead atoms. The van der Waals surface area contributed by atoms with Crippen LogP contribution in [0.5, 0.6) is 5.75 Å². The van der Waals surface area contributed by atoms with Gasteiger partial charge in [0.2, 0.25) is 0 Å². The summed E-state index contributed by atoms with van der Waals surface area (Å²) in [5.74, 6) is 0.404. The van der Waals surface area contributed by atoms with Crippen LogP contribution in [-0.2, 0) is 4.79 Å². The van der Waals surface area contributed by atoms with Gasteiger partial charge in [0.25, 0.3) is 11.8 Å². The fraction of sp³-hybridized carbons (Fsp3) is 0.200. The van der Waals surface area contributed by atoms with Crippen molar-refractivity contribution in [2.45, 2.75) is 20.8 Å². The maximum atomic E-state index is 12.7. The predicted octanol–water partition coefficient (Wildman–Crippen LogP) is 4.17. The van der Waals surface area contributed by atoms with E-state index >= 15 is 0 Å². The van der Waals surface area contributed by atoms with Gasteiger partial charge < -0.3 is 19.8 Å². The summed E-state index contributed by atoms with van der Waals surface area (Å²) in [6.45, 7) is 6.54. The number of ether oxygens (including phenoxy) is 1. The van der Waals surface area contributed by atoms with E-state index < -0.39 is 5.91 Å². The Bertz CT molecular complexity index is 1080. The zero-order chi connectivity index (χ0) is 22.2. The number of carbonyl (C=O) groups excluding carboxylic acids is 2. The van der Waals surface area contributed by atoms with Crippen LogP contribution in [0, 0.1) is 20.8 Å². The van der Waals surface area contributed by atoms with Crippen molar-refractivity contribution in [2.75, 3.05) is 13.2 Å². The van der Waals surface area contributed by atoms with E-state index in [2.05, 4.69) is 10.6 Å². The number of aryl methyl sites for hydroxylation is 3. The van der Waals surface area contributed by atoms with Crippen molar-refractivity contribution < 1.29 is 18.7 Å². The molecule has 0 atom stereocenters. The molecule has 0 aliphatic rings. The van der Waals surface area contributed by atoms with Crippen molar-refractivity contribution in [3.8, 4) is 5.75 Å². The minimum atomic E-state index is -0.430. The lowest BCUT2D eigenvalue weighted by Crippen LogP contribution is -2.36. The Balaban J connectivity index is 1.62. The highest BCUT2D eigenvalue weighted by Crippen LogP contribution is 2.16. The lowest BCUT2D eigenvalue weighted by molar-refractivity contribution is -0.117. The summed E-state index contributed by atoms with van der Waals surface area (Å²) in [6.07, 6.45) is 2.99. The summed E-state index contributed by atoms with van der Waals surface area (Å²) in [6, 6.07) is 16.4. The molecule has 1 aromatic heterocycles. The summed E-state index contributed by atoms with van der Waals surface area (Å²) in [5, 5.41) is 5.45. The molecule has 3 rings (SSSR count). The first kappa shape index (κ1) is 21.9. The third kappa shape index (κ3) is 6.34. The van der Waals surface area contributed by atoms with E-state index in [4.69, 9.17) is 9.15 Å². The first-order valence-electron chi connectivity index (χ1n) is 10.0. The quantitative estimate of drug-likeness (QED) is 0.425. The van der Waals surface area contributed by atoms with Gasteiger partial charge in [-0.2, -0.15) is 0 Å². The number of carbonyl (C=O) groups is 2. The molecule has 6 heteroatoms. The van der Waals surface area contributed by atoms with Gasteiger partial charge in [0.15, 0.2) is 0 Å². The zero-order valence-electron chi connectivity index (χ0n) is 17.9. The van der Waals surface area contributed by atoms with Crippen molar-refractivity contribution in [2.24, 2.45) is 0 Å². The number of nitrogens with one attached hydrogen (secondary N) is 2. The number of rotatable bonds is 8. The topological polar surface area (TPSA) is 80.6 Å². The zero-order valence-corrected chi connectivity index (χ0v) is 17.9. The van der Waals surface area contributed by atoms with Gasteiger partial charge in [-0.1, -0.05) is 23.8 Å². The Morgan fingerprint density at radius 1 is 1.00 bits per heavy atom. The molecule has 0 aliphatic heterocycles. The molecule has 2 N–H and O–H groups in total. The fourth-order valence-corrected chi connectivity index (χ4v) is 2.89. The van der Waals surface area contributed by atoms with E-state index in [0.29, 0.717) is 17.9 Å². The van der Waals surface area contributed by atoms with Crippen molar-refractivity contribution >= 4 is 17.9 Å². The monoisotopic (exact) mass is 418 g/mol. The summed E-state index contributed by atoms with van der Waals surface area (Å²) >= 11 is 0. The van der Waals surface area contributed by atoms with Gasteiger partial charge in [0.05, 0.1) is 12.8 Å². The smallest absolute Gasteiger partial charge is 0.268 e. The highest BCUT2D eigenvalue weighted by molar-refractivity contribution is 6.05. The molecule has 0 spiro atoms. The molecule has 0 aliphatic carbocycles. The van der Waals surface area contributed by atoms with E-state index in [1.807, 2.05) is 45.0 Å². The molecule has 2 aromatic carbocycles. The van der Waals surface area contributed by atoms with Crippen molar-refractivity contribution in [1.29, 1.82) is 0 Å². The largest absolute Gasteiger partial charge is 0.492 e. The number of furan rings is 1. The van der Waals surface area contributed by atoms with E-state index in [9.17, 15) is 9.59 Å². The maximum Gasteiger partial charge on any atom is 0.268 e. The highest BCUT2D eigenvalue weighted by Gasteiger charge is 2.15. The molecule has 0 fully saturated rings. The van der Waals surface area contributed by atoms with E-state index in [-0.39, 0.29) is 18.1 Å². The normalized spacial score (nSPS) is 11.1. The first-order chi connectivity index (χ1) is 14.9. The SMILES string of the molecule is Cc1cccc(C(=O)N/C(=C\c2ccco2)C(=O)NCCOc2ccc(C)c(C)c2)c1. The molecule has 3 aromatic rings. The molecule has 6 nitrogen and oxygen atoms in total. The molecule has 0 saturated heterocycles. The molecule has 2 amide bonds. The number of benzene rings is 2. The fourth-order valence-electron chi connectivity index (χ4n) is 2.89. The lowest BCUT2D eigenvalue weighted by Gasteiger charge is -2.12.